The molecule has 146 valence electrons. The lowest BCUT2D eigenvalue weighted by Crippen LogP contribution is -2.55. The first-order chi connectivity index (χ1) is 13.6. The zero-order chi connectivity index (χ0) is 19.6. The minimum absolute atomic E-state index is 0.0844. The second kappa shape index (κ2) is 7.69. The van der Waals surface area contributed by atoms with Crippen molar-refractivity contribution in [1.82, 2.24) is 15.1 Å². The molecular weight excluding hydrogens is 356 g/mol. The number of anilines is 1. The summed E-state index contributed by atoms with van der Waals surface area (Å²) >= 11 is 0. The predicted molar refractivity (Wildman–Crippen MR) is 105 cm³/mol. The Morgan fingerprint density at radius 1 is 1.21 bits per heavy atom. The third kappa shape index (κ3) is 3.63. The largest absolute Gasteiger partial charge is 0.396 e. The van der Waals surface area contributed by atoms with Gasteiger partial charge in [-0.25, -0.2) is 4.98 Å². The number of hydrogen-bond acceptors (Lipinski definition) is 7. The van der Waals surface area contributed by atoms with Gasteiger partial charge in [0, 0.05) is 24.7 Å². The topological polar surface area (TPSA) is 95.5 Å². The minimum atomic E-state index is -0.621. The summed E-state index contributed by atoms with van der Waals surface area (Å²) in [6.07, 6.45) is 2.35. The Morgan fingerprint density at radius 2 is 2.04 bits per heavy atom. The van der Waals surface area contributed by atoms with E-state index >= 15 is 0 Å². The number of benzene rings is 1. The normalized spacial score (nSPS) is 22.4. The predicted octanol–water partition coefficient (Wildman–Crippen LogP) is 2.23. The Balaban J connectivity index is 1.55. The Morgan fingerprint density at radius 3 is 2.68 bits per heavy atom. The van der Waals surface area contributed by atoms with Crippen LogP contribution >= 0.6 is 0 Å². The highest BCUT2D eigenvalue weighted by Crippen LogP contribution is 2.35. The Labute approximate surface area is 163 Å². The van der Waals surface area contributed by atoms with Gasteiger partial charge < -0.3 is 19.6 Å². The summed E-state index contributed by atoms with van der Waals surface area (Å²) in [5.41, 5.74) is 1.25. The van der Waals surface area contributed by atoms with E-state index in [1.807, 2.05) is 42.5 Å². The number of aliphatic hydroxyl groups excluding tert-OH is 2. The fourth-order valence-electron chi connectivity index (χ4n) is 3.85. The molecular formula is C21H24N4O3. The summed E-state index contributed by atoms with van der Waals surface area (Å²) < 4.78 is 5.19. The van der Waals surface area contributed by atoms with Crippen LogP contribution in [0.2, 0.25) is 0 Å². The fourth-order valence-corrected chi connectivity index (χ4v) is 3.85. The first-order valence-corrected chi connectivity index (χ1v) is 9.44. The average molecular weight is 380 g/mol. The van der Waals surface area contributed by atoms with E-state index in [0.29, 0.717) is 37.6 Å². The highest BCUT2D eigenvalue weighted by atomic mass is 16.5. The third-order valence-corrected chi connectivity index (χ3v) is 5.45. The fraction of sp³-hybridized carbons (Fsp3) is 0.381. The second-order valence-corrected chi connectivity index (χ2v) is 7.46. The average Bonchev–Trinajstić information content (AvgIpc) is 3.17. The van der Waals surface area contributed by atoms with Crippen LogP contribution in [0.4, 0.5) is 5.82 Å². The summed E-state index contributed by atoms with van der Waals surface area (Å²) in [5, 5.41) is 24.7. The van der Waals surface area contributed by atoms with Gasteiger partial charge in [0.25, 0.3) is 5.89 Å². The molecule has 4 rings (SSSR count). The zero-order valence-electron chi connectivity index (χ0n) is 15.8. The molecule has 1 fully saturated rings. The first kappa shape index (κ1) is 18.6. The lowest BCUT2D eigenvalue weighted by atomic mass is 9.73. The lowest BCUT2D eigenvalue weighted by molar-refractivity contribution is -0.0292. The van der Waals surface area contributed by atoms with Crippen molar-refractivity contribution < 1.29 is 14.7 Å². The number of aliphatic hydroxyl groups is 2. The van der Waals surface area contributed by atoms with Gasteiger partial charge in [0.2, 0.25) is 0 Å². The number of nitrogens with zero attached hydrogens (tertiary/aromatic N) is 4. The van der Waals surface area contributed by atoms with Crippen LogP contribution in [0.25, 0.3) is 11.5 Å². The maximum absolute atomic E-state index is 10.7. The molecule has 0 unspecified atom stereocenters. The van der Waals surface area contributed by atoms with Gasteiger partial charge in [-0.05, 0) is 37.5 Å². The van der Waals surface area contributed by atoms with Crippen LogP contribution in [0.3, 0.4) is 0 Å². The monoisotopic (exact) mass is 380 g/mol. The Hall–Kier alpha value is -2.77. The van der Waals surface area contributed by atoms with Crippen molar-refractivity contribution in [1.29, 1.82) is 0 Å². The van der Waals surface area contributed by atoms with Crippen LogP contribution in [-0.2, 0) is 6.42 Å². The number of aromatic nitrogens is 3. The van der Waals surface area contributed by atoms with E-state index in [1.165, 1.54) is 0 Å². The van der Waals surface area contributed by atoms with Crippen molar-refractivity contribution in [3.05, 3.63) is 60.0 Å². The Bertz CT molecular complexity index is 913. The molecule has 2 atom stereocenters. The van der Waals surface area contributed by atoms with Gasteiger partial charge in [0.15, 0.2) is 5.82 Å². The van der Waals surface area contributed by atoms with E-state index in [2.05, 4.69) is 20.0 Å². The van der Waals surface area contributed by atoms with E-state index in [9.17, 15) is 10.2 Å². The molecule has 1 aliphatic heterocycles. The Kier molecular flexibility index (Phi) is 5.11. The maximum Gasteiger partial charge on any atom is 0.259 e. The molecule has 0 bridgehead atoms. The molecule has 7 heteroatoms. The molecule has 0 aliphatic carbocycles. The van der Waals surface area contributed by atoms with Crippen LogP contribution in [0.5, 0.6) is 0 Å². The SMILES string of the molecule is Cc1noc(-c2ccc(N3CC[C@@H](O)[C@@](CO)(Cc4ccccc4)C3)nc2)n1. The van der Waals surface area contributed by atoms with Crippen molar-refractivity contribution in [2.45, 2.75) is 25.9 Å². The molecule has 1 aromatic carbocycles. The van der Waals surface area contributed by atoms with Crippen molar-refractivity contribution in [3.63, 3.8) is 0 Å². The van der Waals surface area contributed by atoms with Gasteiger partial charge in [0.05, 0.1) is 18.3 Å². The van der Waals surface area contributed by atoms with Gasteiger partial charge in [-0.2, -0.15) is 4.98 Å². The first-order valence-electron chi connectivity index (χ1n) is 9.44. The van der Waals surface area contributed by atoms with Crippen molar-refractivity contribution in [3.8, 4) is 11.5 Å². The van der Waals surface area contributed by atoms with E-state index in [1.54, 1.807) is 13.1 Å². The molecule has 0 radical (unpaired) electrons. The number of aryl methyl sites for hydroxylation is 1. The molecule has 0 spiro atoms. The number of rotatable bonds is 5. The highest BCUT2D eigenvalue weighted by Gasteiger charge is 2.42. The molecule has 3 heterocycles. The van der Waals surface area contributed by atoms with Crippen LogP contribution in [0, 0.1) is 12.3 Å². The van der Waals surface area contributed by atoms with Gasteiger partial charge in [0.1, 0.15) is 5.82 Å². The van der Waals surface area contributed by atoms with Crippen LogP contribution in [0.1, 0.15) is 17.8 Å². The number of hydrogen-bond donors (Lipinski definition) is 2. The smallest absolute Gasteiger partial charge is 0.259 e. The summed E-state index contributed by atoms with van der Waals surface area (Å²) in [4.78, 5) is 10.9. The molecule has 0 saturated carbocycles. The third-order valence-electron chi connectivity index (χ3n) is 5.45. The van der Waals surface area contributed by atoms with Gasteiger partial charge in [-0.15, -0.1) is 0 Å². The van der Waals surface area contributed by atoms with E-state index in [4.69, 9.17) is 4.52 Å². The van der Waals surface area contributed by atoms with E-state index < -0.39 is 11.5 Å². The highest BCUT2D eigenvalue weighted by molar-refractivity contribution is 5.55. The van der Waals surface area contributed by atoms with Crippen molar-refractivity contribution >= 4 is 5.82 Å². The van der Waals surface area contributed by atoms with Gasteiger partial charge >= 0.3 is 0 Å². The van der Waals surface area contributed by atoms with Gasteiger partial charge in [-0.3, -0.25) is 0 Å². The van der Waals surface area contributed by atoms with Crippen molar-refractivity contribution in [2.75, 3.05) is 24.6 Å². The maximum atomic E-state index is 10.7. The summed E-state index contributed by atoms with van der Waals surface area (Å²) in [7, 11) is 0. The molecule has 7 nitrogen and oxygen atoms in total. The van der Waals surface area contributed by atoms with Gasteiger partial charge in [-0.1, -0.05) is 35.5 Å². The van der Waals surface area contributed by atoms with Crippen LogP contribution in [0.15, 0.2) is 53.2 Å². The molecule has 2 aromatic heterocycles. The quantitative estimate of drug-likeness (QED) is 0.701. The molecule has 3 aromatic rings. The van der Waals surface area contributed by atoms with Crippen LogP contribution in [-0.4, -0.2) is 51.1 Å². The number of piperidine rings is 1. The van der Waals surface area contributed by atoms with Crippen molar-refractivity contribution in [2.24, 2.45) is 5.41 Å². The molecule has 1 aliphatic rings. The zero-order valence-corrected chi connectivity index (χ0v) is 15.8. The molecule has 28 heavy (non-hydrogen) atoms. The number of pyridine rings is 1. The van der Waals surface area contributed by atoms with Crippen LogP contribution < -0.4 is 4.90 Å². The van der Waals surface area contributed by atoms with E-state index in [-0.39, 0.29) is 6.61 Å². The summed E-state index contributed by atoms with van der Waals surface area (Å²) in [6, 6.07) is 13.8. The molecule has 0 amide bonds. The lowest BCUT2D eigenvalue weighted by Gasteiger charge is -2.46. The molecule has 2 N–H and O–H groups in total. The summed E-state index contributed by atoms with van der Waals surface area (Å²) in [5.74, 6) is 1.83. The summed E-state index contributed by atoms with van der Waals surface area (Å²) in [6.45, 7) is 2.91. The second-order valence-electron chi connectivity index (χ2n) is 7.46. The minimum Gasteiger partial charge on any atom is -0.396 e. The standard InChI is InChI=1S/C21H24N4O3/c1-15-23-20(28-24-15)17-7-8-19(22-12-17)25-10-9-18(27)21(13-25,14-26)11-16-5-3-2-4-6-16/h2-8,12,18,26-27H,9-11,13-14H2,1H3/t18-,21+/m1/s1. The molecule has 1 saturated heterocycles. The van der Waals surface area contributed by atoms with E-state index in [0.717, 1.165) is 16.9 Å².